The third-order valence-corrected chi connectivity index (χ3v) is 4.91. The Morgan fingerprint density at radius 1 is 1.00 bits per heavy atom. The highest BCUT2D eigenvalue weighted by molar-refractivity contribution is 6.32. The number of phenols is 1. The molecule has 2 N–H and O–H groups in total. The van der Waals surface area contributed by atoms with Crippen LogP contribution in [0.4, 0.5) is 11.4 Å². The number of benzene rings is 2. The normalized spacial score (nSPS) is 12.7. The SMILES string of the molecule is CCCN(CCC)c1ccc(-c2cc3c(cc2O)NC(=O)C3=C(C)C)cc1. The molecule has 27 heavy (non-hydrogen) atoms. The predicted octanol–water partition coefficient (Wildman–Crippen LogP) is 5.43. The molecular weight excluding hydrogens is 336 g/mol. The first-order chi connectivity index (χ1) is 13.0. The molecule has 1 aliphatic rings. The van der Waals surface area contributed by atoms with Crippen molar-refractivity contribution in [2.24, 2.45) is 0 Å². The molecule has 0 fully saturated rings. The average molecular weight is 364 g/mol. The summed E-state index contributed by atoms with van der Waals surface area (Å²) in [6.07, 6.45) is 2.22. The van der Waals surface area contributed by atoms with E-state index in [1.165, 1.54) is 5.69 Å². The number of fused-ring (bicyclic) bond motifs is 1. The third-order valence-electron chi connectivity index (χ3n) is 4.91. The predicted molar refractivity (Wildman–Crippen MR) is 113 cm³/mol. The van der Waals surface area contributed by atoms with Crippen LogP contribution in [0.15, 0.2) is 42.0 Å². The van der Waals surface area contributed by atoms with Gasteiger partial charge in [-0.3, -0.25) is 4.79 Å². The molecule has 4 nitrogen and oxygen atoms in total. The van der Waals surface area contributed by atoms with Crippen molar-refractivity contribution in [3.05, 3.63) is 47.5 Å². The van der Waals surface area contributed by atoms with E-state index in [0.717, 1.165) is 48.2 Å². The monoisotopic (exact) mass is 364 g/mol. The van der Waals surface area contributed by atoms with Gasteiger partial charge in [0, 0.05) is 41.5 Å². The van der Waals surface area contributed by atoms with Crippen molar-refractivity contribution in [1.82, 2.24) is 0 Å². The summed E-state index contributed by atoms with van der Waals surface area (Å²) in [5.74, 6) is 0.0717. The molecule has 4 heteroatoms. The fraction of sp³-hybridized carbons (Fsp3) is 0.348. The lowest BCUT2D eigenvalue weighted by Gasteiger charge is -2.24. The largest absolute Gasteiger partial charge is 0.507 e. The number of anilines is 2. The van der Waals surface area contributed by atoms with E-state index in [1.807, 2.05) is 32.0 Å². The Bertz CT molecular complexity index is 872. The molecule has 0 aromatic heterocycles. The van der Waals surface area contributed by atoms with Crippen LogP contribution < -0.4 is 10.2 Å². The fourth-order valence-electron chi connectivity index (χ4n) is 3.69. The number of hydrogen-bond acceptors (Lipinski definition) is 3. The summed E-state index contributed by atoms with van der Waals surface area (Å²) in [5.41, 5.74) is 6.08. The van der Waals surface area contributed by atoms with Gasteiger partial charge in [-0.2, -0.15) is 0 Å². The number of carbonyl (C=O) groups excluding carboxylic acids is 1. The zero-order valence-electron chi connectivity index (χ0n) is 16.6. The summed E-state index contributed by atoms with van der Waals surface area (Å²) in [4.78, 5) is 14.6. The molecule has 0 aliphatic carbocycles. The molecule has 2 aromatic rings. The van der Waals surface area contributed by atoms with E-state index < -0.39 is 0 Å². The van der Waals surface area contributed by atoms with E-state index in [1.54, 1.807) is 6.07 Å². The standard InChI is InChI=1S/C23H28N2O2/c1-5-11-25(12-6-2)17-9-7-16(8-10-17)18-13-19-20(14-21(18)26)24-23(27)22(19)15(3)4/h7-10,13-14,26H,5-6,11-12H2,1-4H3,(H,24,27). The Labute approximate surface area is 161 Å². The van der Waals surface area contributed by atoms with Crippen LogP contribution in [0, 0.1) is 0 Å². The van der Waals surface area contributed by atoms with Crippen LogP contribution in [0.3, 0.4) is 0 Å². The number of nitrogens with zero attached hydrogens (tertiary/aromatic N) is 1. The first-order valence-corrected chi connectivity index (χ1v) is 9.67. The van der Waals surface area contributed by atoms with E-state index in [2.05, 4.69) is 36.2 Å². The first kappa shape index (κ1) is 19.0. The molecular formula is C23H28N2O2. The molecule has 142 valence electrons. The Balaban J connectivity index is 1.98. The quantitative estimate of drug-likeness (QED) is 0.672. The van der Waals surface area contributed by atoms with Crippen molar-refractivity contribution in [2.45, 2.75) is 40.5 Å². The highest BCUT2D eigenvalue weighted by Crippen LogP contribution is 2.41. The lowest BCUT2D eigenvalue weighted by Crippen LogP contribution is -2.24. The van der Waals surface area contributed by atoms with Gasteiger partial charge in [0.25, 0.3) is 5.91 Å². The Kier molecular flexibility index (Phi) is 5.54. The molecule has 0 saturated heterocycles. The molecule has 0 radical (unpaired) electrons. The van der Waals surface area contributed by atoms with Crippen molar-refractivity contribution in [3.63, 3.8) is 0 Å². The molecule has 0 spiro atoms. The lowest BCUT2D eigenvalue weighted by atomic mass is 9.96. The minimum atomic E-state index is -0.105. The summed E-state index contributed by atoms with van der Waals surface area (Å²) in [6.45, 7) is 10.3. The van der Waals surface area contributed by atoms with Gasteiger partial charge in [0.2, 0.25) is 0 Å². The first-order valence-electron chi connectivity index (χ1n) is 9.67. The van der Waals surface area contributed by atoms with E-state index in [-0.39, 0.29) is 11.7 Å². The van der Waals surface area contributed by atoms with E-state index in [4.69, 9.17) is 0 Å². The molecule has 1 heterocycles. The van der Waals surface area contributed by atoms with Gasteiger partial charge in [-0.05, 0) is 50.5 Å². The maximum atomic E-state index is 12.2. The molecule has 3 rings (SSSR count). The minimum Gasteiger partial charge on any atom is -0.507 e. The van der Waals surface area contributed by atoms with E-state index >= 15 is 0 Å². The average Bonchev–Trinajstić information content (AvgIpc) is 2.95. The van der Waals surface area contributed by atoms with Crippen molar-refractivity contribution in [3.8, 4) is 16.9 Å². The fourth-order valence-corrected chi connectivity index (χ4v) is 3.69. The summed E-state index contributed by atoms with van der Waals surface area (Å²) < 4.78 is 0. The van der Waals surface area contributed by atoms with Gasteiger partial charge in [0.15, 0.2) is 0 Å². The molecule has 2 aromatic carbocycles. The van der Waals surface area contributed by atoms with Gasteiger partial charge < -0.3 is 15.3 Å². The smallest absolute Gasteiger partial charge is 0.256 e. The molecule has 1 amide bonds. The third kappa shape index (κ3) is 3.70. The molecule has 0 atom stereocenters. The molecule has 0 saturated carbocycles. The summed E-state index contributed by atoms with van der Waals surface area (Å²) in [5, 5.41) is 13.3. The van der Waals surface area contributed by atoms with Crippen LogP contribution in [0.2, 0.25) is 0 Å². The van der Waals surface area contributed by atoms with E-state index in [0.29, 0.717) is 11.3 Å². The molecule has 0 bridgehead atoms. The Hall–Kier alpha value is -2.75. The lowest BCUT2D eigenvalue weighted by molar-refractivity contribution is -0.110. The Morgan fingerprint density at radius 2 is 1.63 bits per heavy atom. The maximum absolute atomic E-state index is 12.2. The number of hydrogen-bond donors (Lipinski definition) is 2. The van der Waals surface area contributed by atoms with E-state index in [9.17, 15) is 9.90 Å². The second-order valence-electron chi connectivity index (χ2n) is 7.28. The number of carbonyl (C=O) groups is 1. The summed E-state index contributed by atoms with van der Waals surface area (Å²) >= 11 is 0. The van der Waals surface area contributed by atoms with Gasteiger partial charge in [-0.1, -0.05) is 31.6 Å². The zero-order valence-corrected chi connectivity index (χ0v) is 16.6. The zero-order chi connectivity index (χ0) is 19.6. The second-order valence-corrected chi connectivity index (χ2v) is 7.28. The number of rotatable bonds is 6. The van der Waals surface area contributed by atoms with Crippen molar-refractivity contribution >= 4 is 22.9 Å². The number of nitrogens with one attached hydrogen (secondary N) is 1. The Morgan fingerprint density at radius 3 is 2.19 bits per heavy atom. The van der Waals surface area contributed by atoms with Crippen molar-refractivity contribution < 1.29 is 9.90 Å². The van der Waals surface area contributed by atoms with Gasteiger partial charge in [0.1, 0.15) is 5.75 Å². The maximum Gasteiger partial charge on any atom is 0.256 e. The highest BCUT2D eigenvalue weighted by atomic mass is 16.3. The van der Waals surface area contributed by atoms with Crippen LogP contribution in [0.25, 0.3) is 16.7 Å². The van der Waals surface area contributed by atoms with Gasteiger partial charge >= 0.3 is 0 Å². The van der Waals surface area contributed by atoms with Crippen molar-refractivity contribution in [2.75, 3.05) is 23.3 Å². The van der Waals surface area contributed by atoms with Crippen LogP contribution in [-0.2, 0) is 4.79 Å². The van der Waals surface area contributed by atoms with Gasteiger partial charge in [0.05, 0.1) is 5.69 Å². The molecule has 0 unspecified atom stereocenters. The van der Waals surface area contributed by atoms with Crippen LogP contribution in [-0.4, -0.2) is 24.1 Å². The summed E-state index contributed by atoms with van der Waals surface area (Å²) in [7, 11) is 0. The van der Waals surface area contributed by atoms with Crippen LogP contribution in [0.5, 0.6) is 5.75 Å². The number of allylic oxidation sites excluding steroid dienone is 1. The minimum absolute atomic E-state index is 0.105. The number of phenolic OH excluding ortho intramolecular Hbond substituents is 1. The van der Waals surface area contributed by atoms with Crippen LogP contribution in [0.1, 0.15) is 46.1 Å². The number of amides is 1. The molecule has 1 aliphatic heterocycles. The van der Waals surface area contributed by atoms with Gasteiger partial charge in [-0.25, -0.2) is 0 Å². The topological polar surface area (TPSA) is 52.6 Å². The van der Waals surface area contributed by atoms with Gasteiger partial charge in [-0.15, -0.1) is 0 Å². The highest BCUT2D eigenvalue weighted by Gasteiger charge is 2.27. The van der Waals surface area contributed by atoms with Crippen molar-refractivity contribution in [1.29, 1.82) is 0 Å². The second kappa shape index (κ2) is 7.87. The van der Waals surface area contributed by atoms with Crippen LogP contribution >= 0.6 is 0 Å². The number of aromatic hydroxyl groups is 1. The summed E-state index contributed by atoms with van der Waals surface area (Å²) in [6, 6.07) is 11.9.